The smallest absolute Gasteiger partial charge is 0.277 e. The fourth-order valence-electron chi connectivity index (χ4n) is 1.43. The molecule has 1 N–H and O–H groups in total. The first-order chi connectivity index (χ1) is 9.65. The number of halogens is 1. The summed E-state index contributed by atoms with van der Waals surface area (Å²) in [5, 5.41) is 4.21. The average Bonchev–Trinajstić information content (AvgIpc) is 2.83. The Morgan fingerprint density at radius 3 is 2.90 bits per heavy atom. The molecular weight excluding hydrogens is 280 g/mol. The van der Waals surface area contributed by atoms with Gasteiger partial charge in [-0.2, -0.15) is 5.10 Å². The summed E-state index contributed by atoms with van der Waals surface area (Å²) in [4.78, 5) is 11.5. The van der Waals surface area contributed by atoms with Gasteiger partial charge < -0.3 is 9.15 Å². The van der Waals surface area contributed by atoms with E-state index in [4.69, 9.17) is 20.8 Å². The Morgan fingerprint density at radius 2 is 2.20 bits per heavy atom. The van der Waals surface area contributed by atoms with Gasteiger partial charge in [-0.3, -0.25) is 4.79 Å². The third-order valence-electron chi connectivity index (χ3n) is 2.34. The average molecular weight is 293 g/mol. The van der Waals surface area contributed by atoms with Crippen molar-refractivity contribution in [3.8, 4) is 5.75 Å². The number of carbonyl (C=O) groups excluding carboxylic acids is 1. The van der Waals surface area contributed by atoms with Crippen molar-refractivity contribution in [2.75, 3.05) is 6.61 Å². The zero-order valence-electron chi connectivity index (χ0n) is 10.8. The molecule has 0 spiro atoms. The molecule has 0 saturated heterocycles. The van der Waals surface area contributed by atoms with E-state index in [1.54, 1.807) is 30.3 Å². The van der Waals surface area contributed by atoms with E-state index in [1.807, 2.05) is 13.0 Å². The molecule has 20 heavy (non-hydrogen) atoms. The van der Waals surface area contributed by atoms with Crippen LogP contribution in [-0.4, -0.2) is 18.7 Å². The van der Waals surface area contributed by atoms with Crippen LogP contribution in [0.15, 0.2) is 45.9 Å². The maximum Gasteiger partial charge on any atom is 0.277 e. The number of benzene rings is 1. The van der Waals surface area contributed by atoms with Crippen LogP contribution in [0.2, 0.25) is 5.02 Å². The molecule has 2 rings (SSSR count). The predicted molar refractivity (Wildman–Crippen MR) is 76.1 cm³/mol. The summed E-state index contributed by atoms with van der Waals surface area (Å²) in [7, 11) is 0. The lowest BCUT2D eigenvalue weighted by Crippen LogP contribution is -2.24. The monoisotopic (exact) mass is 292 g/mol. The molecule has 5 nitrogen and oxygen atoms in total. The lowest BCUT2D eigenvalue weighted by molar-refractivity contribution is -0.123. The molecule has 6 heteroatoms. The zero-order valence-corrected chi connectivity index (χ0v) is 11.6. The van der Waals surface area contributed by atoms with Crippen LogP contribution in [0.3, 0.4) is 0 Å². The van der Waals surface area contributed by atoms with Crippen molar-refractivity contribution in [2.24, 2.45) is 5.10 Å². The molecule has 104 valence electrons. The van der Waals surface area contributed by atoms with Crippen molar-refractivity contribution < 1.29 is 13.9 Å². The largest absolute Gasteiger partial charge is 0.482 e. The molecule has 0 aliphatic rings. The van der Waals surface area contributed by atoms with Gasteiger partial charge in [0.15, 0.2) is 6.61 Å². The van der Waals surface area contributed by atoms with Gasteiger partial charge in [-0.05, 0) is 31.2 Å². The van der Waals surface area contributed by atoms with Crippen LogP contribution in [0.5, 0.6) is 5.75 Å². The van der Waals surface area contributed by atoms with Gasteiger partial charge in [0.2, 0.25) is 0 Å². The number of nitrogens with zero attached hydrogens (tertiary/aromatic N) is 1. The number of ether oxygens (including phenoxy) is 1. The van der Waals surface area contributed by atoms with Crippen LogP contribution in [-0.2, 0) is 4.79 Å². The molecule has 1 aromatic carbocycles. The van der Waals surface area contributed by atoms with Gasteiger partial charge in [0.05, 0.1) is 11.2 Å². The Hall–Kier alpha value is -2.27. The molecule has 1 amide bonds. The second kappa shape index (κ2) is 6.77. The summed E-state index contributed by atoms with van der Waals surface area (Å²) < 4.78 is 10.5. The van der Waals surface area contributed by atoms with E-state index in [0.717, 1.165) is 5.76 Å². The Kier molecular flexibility index (Phi) is 4.79. The molecular formula is C14H13ClN2O3. The quantitative estimate of drug-likeness (QED) is 0.681. The van der Waals surface area contributed by atoms with Gasteiger partial charge in [0, 0.05) is 0 Å². The molecule has 0 aliphatic carbocycles. The second-order valence-corrected chi connectivity index (χ2v) is 4.37. The minimum absolute atomic E-state index is 0.168. The van der Waals surface area contributed by atoms with Crippen molar-refractivity contribution in [2.45, 2.75) is 6.92 Å². The van der Waals surface area contributed by atoms with Gasteiger partial charge in [-0.1, -0.05) is 23.7 Å². The summed E-state index contributed by atoms with van der Waals surface area (Å²) in [6, 6.07) is 10.5. The number of nitrogens with one attached hydrogen (secondary N) is 1. The normalized spacial score (nSPS) is 10.7. The lowest BCUT2D eigenvalue weighted by atomic mass is 10.3. The predicted octanol–water partition coefficient (Wildman–Crippen LogP) is 2.77. The van der Waals surface area contributed by atoms with E-state index in [1.165, 1.54) is 6.21 Å². The molecule has 0 saturated carbocycles. The minimum atomic E-state index is -0.385. The summed E-state index contributed by atoms with van der Waals surface area (Å²) in [6.45, 7) is 1.66. The number of para-hydroxylation sites is 1. The number of rotatable bonds is 5. The van der Waals surface area contributed by atoms with Crippen LogP contribution in [0.4, 0.5) is 0 Å². The molecule has 0 atom stereocenters. The van der Waals surface area contributed by atoms with Crippen molar-refractivity contribution in [3.05, 3.63) is 52.9 Å². The minimum Gasteiger partial charge on any atom is -0.482 e. The first-order valence-electron chi connectivity index (χ1n) is 5.91. The highest BCUT2D eigenvalue weighted by Gasteiger charge is 2.04. The molecule has 2 aromatic rings. The van der Waals surface area contributed by atoms with Crippen molar-refractivity contribution >= 4 is 23.7 Å². The topological polar surface area (TPSA) is 63.8 Å². The standard InChI is InChI=1S/C14H13ClN2O3/c1-10-6-7-11(20-10)8-16-17-14(18)9-19-13-5-3-2-4-12(13)15/h2-8H,9H2,1H3,(H,17,18). The fourth-order valence-corrected chi connectivity index (χ4v) is 1.62. The number of amides is 1. The Morgan fingerprint density at radius 1 is 1.40 bits per heavy atom. The summed E-state index contributed by atoms with van der Waals surface area (Å²) in [6.07, 6.45) is 1.42. The maximum atomic E-state index is 11.5. The van der Waals surface area contributed by atoms with Gasteiger partial charge in [-0.25, -0.2) is 5.43 Å². The van der Waals surface area contributed by atoms with Crippen LogP contribution in [0.1, 0.15) is 11.5 Å². The van der Waals surface area contributed by atoms with E-state index in [9.17, 15) is 4.79 Å². The van der Waals surface area contributed by atoms with E-state index < -0.39 is 0 Å². The number of furan rings is 1. The fraction of sp³-hybridized carbons (Fsp3) is 0.143. The van der Waals surface area contributed by atoms with Crippen LogP contribution >= 0.6 is 11.6 Å². The lowest BCUT2D eigenvalue weighted by Gasteiger charge is -2.05. The SMILES string of the molecule is Cc1ccc(C=NNC(=O)COc2ccccc2Cl)o1. The van der Waals surface area contributed by atoms with Crippen LogP contribution in [0.25, 0.3) is 0 Å². The zero-order chi connectivity index (χ0) is 14.4. The number of hydrogen-bond acceptors (Lipinski definition) is 4. The van der Waals surface area contributed by atoms with E-state index in [-0.39, 0.29) is 12.5 Å². The van der Waals surface area contributed by atoms with E-state index in [2.05, 4.69) is 10.5 Å². The highest BCUT2D eigenvalue weighted by atomic mass is 35.5. The van der Waals surface area contributed by atoms with Crippen LogP contribution in [0, 0.1) is 6.92 Å². The van der Waals surface area contributed by atoms with Gasteiger partial charge >= 0.3 is 0 Å². The van der Waals surface area contributed by atoms with Gasteiger partial charge in [0.25, 0.3) is 5.91 Å². The summed E-state index contributed by atoms with van der Waals surface area (Å²) in [5.74, 6) is 1.41. The Balaban J connectivity index is 1.78. The molecule has 0 radical (unpaired) electrons. The number of hydrazone groups is 1. The first kappa shape index (κ1) is 14.1. The highest BCUT2D eigenvalue weighted by Crippen LogP contribution is 2.22. The molecule has 1 heterocycles. The summed E-state index contributed by atoms with van der Waals surface area (Å²) in [5.41, 5.74) is 2.33. The van der Waals surface area contributed by atoms with Gasteiger partial charge in [0.1, 0.15) is 17.3 Å². The van der Waals surface area contributed by atoms with Crippen molar-refractivity contribution in [1.82, 2.24) is 5.43 Å². The molecule has 0 fully saturated rings. The van der Waals surface area contributed by atoms with Crippen molar-refractivity contribution in [1.29, 1.82) is 0 Å². The number of aryl methyl sites for hydroxylation is 1. The Labute approximate surface area is 121 Å². The molecule has 1 aromatic heterocycles. The second-order valence-electron chi connectivity index (χ2n) is 3.96. The van der Waals surface area contributed by atoms with E-state index >= 15 is 0 Å². The highest BCUT2D eigenvalue weighted by molar-refractivity contribution is 6.32. The molecule has 0 unspecified atom stereocenters. The molecule has 0 aliphatic heterocycles. The summed E-state index contributed by atoms with van der Waals surface area (Å²) >= 11 is 5.90. The third kappa shape index (κ3) is 4.13. The molecule has 0 bridgehead atoms. The van der Waals surface area contributed by atoms with Crippen LogP contribution < -0.4 is 10.2 Å². The third-order valence-corrected chi connectivity index (χ3v) is 2.65. The number of carbonyl (C=O) groups is 1. The van der Waals surface area contributed by atoms with E-state index in [0.29, 0.717) is 16.5 Å². The maximum absolute atomic E-state index is 11.5. The Bertz CT molecular complexity index is 622. The van der Waals surface area contributed by atoms with Crippen molar-refractivity contribution in [3.63, 3.8) is 0 Å². The van der Waals surface area contributed by atoms with Gasteiger partial charge in [-0.15, -0.1) is 0 Å². The number of hydrogen-bond donors (Lipinski definition) is 1. The first-order valence-corrected chi connectivity index (χ1v) is 6.28.